The van der Waals surface area contributed by atoms with Crippen LogP contribution in [-0.4, -0.2) is 37.9 Å². The molecule has 2 aromatic rings. The highest BCUT2D eigenvalue weighted by Gasteiger charge is 2.10. The van der Waals surface area contributed by atoms with Gasteiger partial charge in [-0.25, -0.2) is 4.39 Å². The number of hydrogen-bond acceptors (Lipinski definition) is 5. The van der Waals surface area contributed by atoms with Crippen LogP contribution in [0.4, 0.5) is 21.5 Å². The van der Waals surface area contributed by atoms with Gasteiger partial charge in [-0.3, -0.25) is 14.4 Å². The molecule has 0 atom stereocenters. The Morgan fingerprint density at radius 3 is 2.41 bits per heavy atom. The highest BCUT2D eigenvalue weighted by molar-refractivity contribution is 5.96. The van der Waals surface area contributed by atoms with Gasteiger partial charge < -0.3 is 26.0 Å². The first-order chi connectivity index (χ1) is 13.8. The van der Waals surface area contributed by atoms with Gasteiger partial charge in [-0.15, -0.1) is 0 Å². The fourth-order valence-electron chi connectivity index (χ4n) is 2.46. The molecule has 0 unspecified atom stereocenters. The Balaban J connectivity index is 1.83. The predicted octanol–water partition coefficient (Wildman–Crippen LogP) is 2.27. The molecule has 2 rings (SSSR count). The number of carbonyl (C=O) groups excluding carboxylic acids is 3. The van der Waals surface area contributed by atoms with E-state index in [1.54, 1.807) is 12.1 Å². The van der Waals surface area contributed by atoms with Gasteiger partial charge in [0.15, 0.2) is 0 Å². The van der Waals surface area contributed by atoms with Gasteiger partial charge in [0.25, 0.3) is 0 Å². The molecule has 9 heteroatoms. The van der Waals surface area contributed by atoms with E-state index in [-0.39, 0.29) is 18.8 Å². The van der Waals surface area contributed by atoms with E-state index < -0.39 is 23.5 Å². The van der Waals surface area contributed by atoms with Crippen LogP contribution < -0.4 is 26.0 Å². The summed E-state index contributed by atoms with van der Waals surface area (Å²) in [6.07, 6.45) is 0. The van der Waals surface area contributed by atoms with Crippen molar-refractivity contribution in [2.24, 2.45) is 0 Å². The Morgan fingerprint density at radius 1 is 0.966 bits per heavy atom. The molecule has 2 aromatic carbocycles. The summed E-state index contributed by atoms with van der Waals surface area (Å²) >= 11 is 0. The molecule has 0 spiro atoms. The topological polar surface area (TPSA) is 109 Å². The molecule has 0 aliphatic rings. The van der Waals surface area contributed by atoms with Crippen molar-refractivity contribution < 1.29 is 23.5 Å². The molecular formula is C20H23FN4O4. The lowest BCUT2D eigenvalue weighted by Crippen LogP contribution is -2.36. The molecule has 0 aliphatic heterocycles. The molecule has 0 aliphatic carbocycles. The van der Waals surface area contributed by atoms with Crippen molar-refractivity contribution in [2.45, 2.75) is 13.8 Å². The van der Waals surface area contributed by atoms with Gasteiger partial charge in [0.2, 0.25) is 17.7 Å². The molecule has 154 valence electrons. The van der Waals surface area contributed by atoms with Crippen molar-refractivity contribution in [3.63, 3.8) is 0 Å². The molecule has 0 heterocycles. The monoisotopic (exact) mass is 402 g/mol. The van der Waals surface area contributed by atoms with E-state index in [0.717, 1.165) is 5.56 Å². The van der Waals surface area contributed by atoms with Crippen LogP contribution in [0, 0.1) is 12.7 Å². The molecule has 0 bridgehead atoms. The minimum atomic E-state index is -0.585. The Bertz CT molecular complexity index is 917. The zero-order valence-corrected chi connectivity index (χ0v) is 16.4. The summed E-state index contributed by atoms with van der Waals surface area (Å²) in [5.41, 5.74) is 1.92. The lowest BCUT2D eigenvalue weighted by molar-refractivity contribution is -0.122. The quantitative estimate of drug-likeness (QED) is 0.542. The van der Waals surface area contributed by atoms with Gasteiger partial charge >= 0.3 is 0 Å². The summed E-state index contributed by atoms with van der Waals surface area (Å²) in [7, 11) is 1.50. The number of hydrogen-bond donors (Lipinski definition) is 4. The number of amides is 3. The van der Waals surface area contributed by atoms with E-state index in [1.807, 2.05) is 13.0 Å². The minimum Gasteiger partial charge on any atom is -0.495 e. The number of rotatable bonds is 8. The maximum Gasteiger partial charge on any atom is 0.243 e. The number of methoxy groups -OCH3 is 1. The summed E-state index contributed by atoms with van der Waals surface area (Å²) in [6.45, 7) is 2.80. The third-order valence-electron chi connectivity index (χ3n) is 3.81. The average Bonchev–Trinajstić information content (AvgIpc) is 2.67. The average molecular weight is 402 g/mol. The van der Waals surface area contributed by atoms with Crippen LogP contribution in [0.3, 0.4) is 0 Å². The van der Waals surface area contributed by atoms with Crippen molar-refractivity contribution in [3.05, 3.63) is 47.8 Å². The molecule has 4 N–H and O–H groups in total. The third kappa shape index (κ3) is 6.80. The Labute approximate surface area is 167 Å². The molecule has 8 nitrogen and oxygen atoms in total. The molecular weight excluding hydrogens is 379 g/mol. The molecule has 3 amide bonds. The summed E-state index contributed by atoms with van der Waals surface area (Å²) in [4.78, 5) is 35.1. The largest absolute Gasteiger partial charge is 0.495 e. The lowest BCUT2D eigenvalue weighted by atomic mass is 10.2. The van der Waals surface area contributed by atoms with Crippen molar-refractivity contribution in [1.29, 1.82) is 0 Å². The van der Waals surface area contributed by atoms with Crippen LogP contribution in [0.1, 0.15) is 12.5 Å². The maximum atomic E-state index is 13.6. The summed E-state index contributed by atoms with van der Waals surface area (Å²) in [5.74, 6) is -1.31. The van der Waals surface area contributed by atoms with Gasteiger partial charge in [-0.1, -0.05) is 6.07 Å². The SMILES string of the molecule is COc1ccc(C)cc1NC(=O)CNC(=O)CNc1ccc(F)c(NC(C)=O)c1. The fourth-order valence-corrected chi connectivity index (χ4v) is 2.46. The van der Waals surface area contributed by atoms with E-state index >= 15 is 0 Å². The predicted molar refractivity (Wildman–Crippen MR) is 109 cm³/mol. The van der Waals surface area contributed by atoms with Crippen LogP contribution in [0.15, 0.2) is 36.4 Å². The Hall–Kier alpha value is -3.62. The van der Waals surface area contributed by atoms with E-state index in [2.05, 4.69) is 21.3 Å². The van der Waals surface area contributed by atoms with Gasteiger partial charge in [-0.2, -0.15) is 0 Å². The van der Waals surface area contributed by atoms with Crippen LogP contribution >= 0.6 is 0 Å². The Morgan fingerprint density at radius 2 is 1.72 bits per heavy atom. The standard InChI is InChI=1S/C20H23FN4O4/c1-12-4-7-18(29-3)17(8-12)25-20(28)11-23-19(27)10-22-14-5-6-15(21)16(9-14)24-13(2)26/h4-9,22H,10-11H2,1-3H3,(H,23,27)(H,24,26)(H,25,28). The number of halogens is 1. The van der Waals surface area contributed by atoms with E-state index in [9.17, 15) is 18.8 Å². The first kappa shape index (κ1) is 21.7. The number of anilines is 3. The van der Waals surface area contributed by atoms with Crippen LogP contribution in [0.2, 0.25) is 0 Å². The zero-order chi connectivity index (χ0) is 21.4. The highest BCUT2D eigenvalue weighted by Crippen LogP contribution is 2.25. The van der Waals surface area contributed by atoms with Crippen LogP contribution in [0.25, 0.3) is 0 Å². The number of aryl methyl sites for hydroxylation is 1. The van der Waals surface area contributed by atoms with Gasteiger partial charge in [-0.05, 0) is 42.8 Å². The second kappa shape index (κ2) is 10.1. The van der Waals surface area contributed by atoms with Gasteiger partial charge in [0.1, 0.15) is 11.6 Å². The Kier molecular flexibility index (Phi) is 7.53. The van der Waals surface area contributed by atoms with Crippen LogP contribution in [0.5, 0.6) is 5.75 Å². The minimum absolute atomic E-state index is 0.00869. The summed E-state index contributed by atoms with van der Waals surface area (Å²) < 4.78 is 18.8. The summed E-state index contributed by atoms with van der Waals surface area (Å²) in [6, 6.07) is 9.35. The number of carbonyl (C=O) groups is 3. The fraction of sp³-hybridized carbons (Fsp3) is 0.250. The maximum absolute atomic E-state index is 13.6. The molecule has 0 radical (unpaired) electrons. The zero-order valence-electron chi connectivity index (χ0n) is 16.4. The van der Waals surface area contributed by atoms with Gasteiger partial charge in [0, 0.05) is 12.6 Å². The van der Waals surface area contributed by atoms with Crippen molar-refractivity contribution in [1.82, 2.24) is 5.32 Å². The lowest BCUT2D eigenvalue weighted by Gasteiger charge is -2.12. The number of ether oxygens (including phenoxy) is 1. The van der Waals surface area contributed by atoms with Crippen molar-refractivity contribution in [3.8, 4) is 5.75 Å². The molecule has 0 aromatic heterocycles. The van der Waals surface area contributed by atoms with E-state index in [4.69, 9.17) is 4.74 Å². The second-order valence-electron chi connectivity index (χ2n) is 6.26. The summed E-state index contributed by atoms with van der Waals surface area (Å²) in [5, 5.41) is 10.3. The molecule has 0 saturated heterocycles. The normalized spacial score (nSPS) is 10.1. The van der Waals surface area contributed by atoms with Gasteiger partial charge in [0.05, 0.1) is 31.6 Å². The van der Waals surface area contributed by atoms with Crippen LogP contribution in [-0.2, 0) is 14.4 Å². The van der Waals surface area contributed by atoms with Crippen molar-refractivity contribution >= 4 is 34.8 Å². The second-order valence-corrected chi connectivity index (χ2v) is 6.26. The number of nitrogens with one attached hydrogen (secondary N) is 4. The smallest absolute Gasteiger partial charge is 0.243 e. The van der Waals surface area contributed by atoms with E-state index in [1.165, 1.54) is 32.2 Å². The third-order valence-corrected chi connectivity index (χ3v) is 3.81. The highest BCUT2D eigenvalue weighted by atomic mass is 19.1. The molecule has 0 saturated carbocycles. The molecule has 0 fully saturated rings. The first-order valence-corrected chi connectivity index (χ1v) is 8.80. The number of benzene rings is 2. The van der Waals surface area contributed by atoms with E-state index in [0.29, 0.717) is 17.1 Å². The molecule has 29 heavy (non-hydrogen) atoms. The first-order valence-electron chi connectivity index (χ1n) is 8.80. The van der Waals surface area contributed by atoms with Crippen molar-refractivity contribution in [2.75, 3.05) is 36.1 Å².